The van der Waals surface area contributed by atoms with Crippen LogP contribution in [0.1, 0.15) is 30.1 Å². The van der Waals surface area contributed by atoms with Crippen molar-refractivity contribution in [2.75, 3.05) is 0 Å². The number of fused-ring (bicyclic) bond motifs is 1. The molecule has 0 radical (unpaired) electrons. The third kappa shape index (κ3) is 2.32. The smallest absolute Gasteiger partial charge is 0.169 e. The van der Waals surface area contributed by atoms with Gasteiger partial charge in [-0.2, -0.15) is 5.10 Å². The Labute approximate surface area is 121 Å². The number of nitrogens with two attached hydrogens (primary N) is 1. The highest BCUT2D eigenvalue weighted by Crippen LogP contribution is 2.29. The zero-order valence-electron chi connectivity index (χ0n) is 11.9. The summed E-state index contributed by atoms with van der Waals surface area (Å²) in [5.74, 6) is 5.85. The van der Waals surface area contributed by atoms with E-state index in [1.54, 1.807) is 22.9 Å². The molecule has 0 fully saturated rings. The molecular weight excluding hydrogens is 271 g/mol. The lowest BCUT2D eigenvalue weighted by Crippen LogP contribution is -2.30. The molecule has 6 heteroatoms. The molecule has 0 amide bonds. The van der Waals surface area contributed by atoms with Crippen molar-refractivity contribution in [1.29, 1.82) is 0 Å². The van der Waals surface area contributed by atoms with Gasteiger partial charge in [-0.05, 0) is 24.6 Å². The first kappa shape index (κ1) is 13.8. The van der Waals surface area contributed by atoms with E-state index in [1.165, 1.54) is 6.07 Å². The molecule has 5 nitrogen and oxygen atoms in total. The standard InChI is InChI=1S/C15H17FN4O/c1-3-10-8-12(20(2)19-10)14(18-17)13-7-9-5-4-6-11(16)15(9)21-13/h4-8,14,18H,3,17H2,1-2H3. The number of hydrazine groups is 1. The predicted molar refractivity (Wildman–Crippen MR) is 77.9 cm³/mol. The molecule has 0 aliphatic carbocycles. The van der Waals surface area contributed by atoms with E-state index in [9.17, 15) is 4.39 Å². The lowest BCUT2D eigenvalue weighted by Gasteiger charge is -2.13. The number of halogens is 1. The number of para-hydroxylation sites is 1. The van der Waals surface area contributed by atoms with E-state index in [4.69, 9.17) is 10.3 Å². The molecule has 0 aliphatic heterocycles. The molecule has 1 unspecified atom stereocenters. The summed E-state index contributed by atoms with van der Waals surface area (Å²) in [7, 11) is 1.85. The third-order valence-corrected chi connectivity index (χ3v) is 3.59. The zero-order valence-corrected chi connectivity index (χ0v) is 11.9. The largest absolute Gasteiger partial charge is 0.456 e. The van der Waals surface area contributed by atoms with Crippen molar-refractivity contribution in [3.05, 3.63) is 53.3 Å². The molecule has 110 valence electrons. The van der Waals surface area contributed by atoms with E-state index < -0.39 is 0 Å². The van der Waals surface area contributed by atoms with Gasteiger partial charge in [-0.15, -0.1) is 0 Å². The molecule has 0 bridgehead atoms. The number of nitrogens with one attached hydrogen (secondary N) is 1. The van der Waals surface area contributed by atoms with Gasteiger partial charge < -0.3 is 4.42 Å². The first-order chi connectivity index (χ1) is 10.1. The number of nitrogens with zero attached hydrogens (tertiary/aromatic N) is 2. The van der Waals surface area contributed by atoms with Crippen LogP contribution in [-0.2, 0) is 13.5 Å². The van der Waals surface area contributed by atoms with Crippen LogP contribution in [0.4, 0.5) is 4.39 Å². The molecule has 0 saturated heterocycles. The monoisotopic (exact) mass is 288 g/mol. The summed E-state index contributed by atoms with van der Waals surface area (Å²) in [6, 6.07) is 8.21. The summed E-state index contributed by atoms with van der Waals surface area (Å²) >= 11 is 0. The van der Waals surface area contributed by atoms with Crippen molar-refractivity contribution in [3.63, 3.8) is 0 Å². The van der Waals surface area contributed by atoms with Crippen LogP contribution in [0.2, 0.25) is 0 Å². The van der Waals surface area contributed by atoms with Crippen LogP contribution in [0.25, 0.3) is 11.0 Å². The van der Waals surface area contributed by atoms with E-state index in [0.717, 1.165) is 17.8 Å². The minimum atomic E-state index is -0.381. The van der Waals surface area contributed by atoms with Crippen molar-refractivity contribution < 1.29 is 8.81 Å². The molecule has 2 aromatic heterocycles. The quantitative estimate of drug-likeness (QED) is 0.571. The molecule has 21 heavy (non-hydrogen) atoms. The summed E-state index contributed by atoms with van der Waals surface area (Å²) in [6.07, 6.45) is 0.833. The Morgan fingerprint density at radius 2 is 2.24 bits per heavy atom. The summed E-state index contributed by atoms with van der Waals surface area (Å²) in [5.41, 5.74) is 4.79. The van der Waals surface area contributed by atoms with Crippen LogP contribution < -0.4 is 11.3 Å². The highest BCUT2D eigenvalue weighted by molar-refractivity contribution is 5.78. The molecular formula is C15H17FN4O. The molecule has 0 aliphatic rings. The first-order valence-electron chi connectivity index (χ1n) is 6.81. The van der Waals surface area contributed by atoms with Gasteiger partial charge in [-0.25, -0.2) is 9.82 Å². The van der Waals surface area contributed by atoms with Crippen LogP contribution >= 0.6 is 0 Å². The Morgan fingerprint density at radius 1 is 1.43 bits per heavy atom. The minimum Gasteiger partial charge on any atom is -0.456 e. The lowest BCUT2D eigenvalue weighted by molar-refractivity contribution is 0.449. The second kappa shape index (κ2) is 5.31. The fourth-order valence-corrected chi connectivity index (χ4v) is 2.49. The maximum absolute atomic E-state index is 13.7. The van der Waals surface area contributed by atoms with Gasteiger partial charge in [0, 0.05) is 12.4 Å². The highest BCUT2D eigenvalue weighted by Gasteiger charge is 2.22. The summed E-state index contributed by atoms with van der Waals surface area (Å²) in [6.45, 7) is 2.04. The van der Waals surface area contributed by atoms with Crippen molar-refractivity contribution in [2.24, 2.45) is 12.9 Å². The molecule has 2 heterocycles. The number of furan rings is 1. The molecule has 3 rings (SSSR count). The van der Waals surface area contributed by atoms with Gasteiger partial charge >= 0.3 is 0 Å². The van der Waals surface area contributed by atoms with E-state index in [0.29, 0.717) is 11.1 Å². The van der Waals surface area contributed by atoms with Crippen LogP contribution in [0.15, 0.2) is 34.7 Å². The number of aryl methyl sites for hydroxylation is 2. The number of hydrogen-bond donors (Lipinski definition) is 2. The predicted octanol–water partition coefficient (Wildman–Crippen LogP) is 2.42. The highest BCUT2D eigenvalue weighted by atomic mass is 19.1. The number of aromatic nitrogens is 2. The molecule has 1 aromatic carbocycles. The Hall–Kier alpha value is -2.18. The average Bonchev–Trinajstić information content (AvgIpc) is 3.05. The normalized spacial score (nSPS) is 13.0. The second-order valence-electron chi connectivity index (χ2n) is 4.94. The summed E-state index contributed by atoms with van der Waals surface area (Å²) < 4.78 is 21.1. The van der Waals surface area contributed by atoms with Crippen molar-refractivity contribution >= 4 is 11.0 Å². The van der Waals surface area contributed by atoms with Crippen LogP contribution in [0, 0.1) is 5.82 Å². The van der Waals surface area contributed by atoms with E-state index in [1.807, 2.05) is 20.0 Å². The molecule has 0 saturated carbocycles. The van der Waals surface area contributed by atoms with Gasteiger partial charge in [0.25, 0.3) is 0 Å². The van der Waals surface area contributed by atoms with Crippen LogP contribution in [0.5, 0.6) is 0 Å². The van der Waals surface area contributed by atoms with Crippen molar-refractivity contribution in [2.45, 2.75) is 19.4 Å². The van der Waals surface area contributed by atoms with Gasteiger partial charge in [0.15, 0.2) is 11.4 Å². The van der Waals surface area contributed by atoms with E-state index in [2.05, 4.69) is 10.5 Å². The van der Waals surface area contributed by atoms with Crippen molar-refractivity contribution in [1.82, 2.24) is 15.2 Å². The third-order valence-electron chi connectivity index (χ3n) is 3.59. The second-order valence-corrected chi connectivity index (χ2v) is 4.94. The van der Waals surface area contributed by atoms with Crippen LogP contribution in [0.3, 0.4) is 0 Å². The lowest BCUT2D eigenvalue weighted by atomic mass is 10.1. The Kier molecular flexibility index (Phi) is 3.48. The van der Waals surface area contributed by atoms with Gasteiger partial charge in [-0.3, -0.25) is 10.5 Å². The molecule has 3 N–H and O–H groups in total. The van der Waals surface area contributed by atoms with Gasteiger partial charge in [0.1, 0.15) is 11.8 Å². The Bertz CT molecular complexity index is 777. The topological polar surface area (TPSA) is 69.0 Å². The maximum Gasteiger partial charge on any atom is 0.169 e. The van der Waals surface area contributed by atoms with Crippen molar-refractivity contribution in [3.8, 4) is 0 Å². The molecule has 3 aromatic rings. The Morgan fingerprint density at radius 3 is 2.86 bits per heavy atom. The Balaban J connectivity index is 2.09. The van der Waals surface area contributed by atoms with Gasteiger partial charge in [0.05, 0.1) is 11.4 Å². The summed E-state index contributed by atoms with van der Waals surface area (Å²) in [5, 5.41) is 5.11. The number of rotatable bonds is 4. The van der Waals surface area contributed by atoms with Crippen LogP contribution in [-0.4, -0.2) is 9.78 Å². The average molecular weight is 288 g/mol. The minimum absolute atomic E-state index is 0.241. The summed E-state index contributed by atoms with van der Waals surface area (Å²) in [4.78, 5) is 0. The number of benzene rings is 1. The first-order valence-corrected chi connectivity index (χ1v) is 6.81. The van der Waals surface area contributed by atoms with E-state index >= 15 is 0 Å². The fraction of sp³-hybridized carbons (Fsp3) is 0.267. The zero-order chi connectivity index (χ0) is 15.0. The van der Waals surface area contributed by atoms with E-state index in [-0.39, 0.29) is 17.4 Å². The SMILES string of the molecule is CCc1cc(C(NN)c2cc3cccc(F)c3o2)n(C)n1. The number of hydrogen-bond acceptors (Lipinski definition) is 4. The van der Waals surface area contributed by atoms with Gasteiger partial charge in [-0.1, -0.05) is 19.1 Å². The molecule has 0 spiro atoms. The fourth-order valence-electron chi connectivity index (χ4n) is 2.49. The van der Waals surface area contributed by atoms with Gasteiger partial charge in [0.2, 0.25) is 0 Å². The maximum atomic E-state index is 13.7. The molecule has 1 atom stereocenters.